The molecule has 0 saturated carbocycles. The number of nitrogens with zero attached hydrogens (tertiary/aromatic N) is 3. The summed E-state index contributed by atoms with van der Waals surface area (Å²) in [5.74, 6) is -0.102. The standard InChI is InChI=1S/C29H40BF2N3O2/c1-29(2,3)26-20-33(17-18-35(26)27(36)19-21-13-15-34(16-14-21)30(4)37)28(22-9-11-23(31)12-10-22)24-7-5-6-8-25(24)32/h5-12,21,26,28,37H,13-20H2,1-4H3/t26-,28?/m1/s1. The highest BCUT2D eigenvalue weighted by Crippen LogP contribution is 2.36. The number of amides is 1. The molecule has 2 aliphatic rings. The largest absolute Gasteiger partial charge is 0.437 e. The van der Waals surface area contributed by atoms with Gasteiger partial charge in [0.15, 0.2) is 0 Å². The lowest BCUT2D eigenvalue weighted by molar-refractivity contribution is -0.141. The highest BCUT2D eigenvalue weighted by atomic mass is 19.1. The molecule has 2 heterocycles. The van der Waals surface area contributed by atoms with Crippen LogP contribution in [0.5, 0.6) is 0 Å². The van der Waals surface area contributed by atoms with Gasteiger partial charge in [-0.1, -0.05) is 51.1 Å². The van der Waals surface area contributed by atoms with Crippen molar-refractivity contribution in [2.75, 3.05) is 32.7 Å². The van der Waals surface area contributed by atoms with Crippen LogP contribution in [-0.2, 0) is 4.79 Å². The van der Waals surface area contributed by atoms with Crippen molar-refractivity contribution < 1.29 is 18.6 Å². The molecule has 2 aliphatic heterocycles. The van der Waals surface area contributed by atoms with Crippen LogP contribution in [0.3, 0.4) is 0 Å². The summed E-state index contributed by atoms with van der Waals surface area (Å²) in [7, 11) is -0.446. The van der Waals surface area contributed by atoms with Crippen molar-refractivity contribution >= 4 is 13.0 Å². The van der Waals surface area contributed by atoms with Gasteiger partial charge in [-0.15, -0.1) is 0 Å². The highest BCUT2D eigenvalue weighted by molar-refractivity contribution is 6.45. The summed E-state index contributed by atoms with van der Waals surface area (Å²) >= 11 is 0. The number of halogens is 2. The topological polar surface area (TPSA) is 47.0 Å². The summed E-state index contributed by atoms with van der Waals surface area (Å²) < 4.78 is 28.8. The SMILES string of the molecule is CB(O)N1CCC(CC(=O)N2CCN(C(c3ccc(F)cc3)c3ccccc3F)C[C@@H]2C(C)(C)C)CC1. The summed E-state index contributed by atoms with van der Waals surface area (Å²) in [5, 5.41) is 9.84. The number of hydrogen-bond acceptors (Lipinski definition) is 4. The zero-order chi connectivity index (χ0) is 26.7. The number of carbonyl (C=O) groups is 1. The van der Waals surface area contributed by atoms with Gasteiger partial charge in [0.2, 0.25) is 5.91 Å². The molecular weight excluding hydrogens is 471 g/mol. The van der Waals surface area contributed by atoms with Crippen LogP contribution in [0.1, 0.15) is 57.2 Å². The minimum atomic E-state index is -0.446. The fraction of sp³-hybridized carbons (Fsp3) is 0.552. The minimum absolute atomic E-state index is 0.0407. The molecule has 1 amide bonds. The molecule has 2 aromatic rings. The quantitative estimate of drug-likeness (QED) is 0.565. The Morgan fingerprint density at radius 3 is 2.27 bits per heavy atom. The molecule has 0 aliphatic carbocycles. The number of rotatable bonds is 6. The van der Waals surface area contributed by atoms with Crippen LogP contribution < -0.4 is 0 Å². The van der Waals surface area contributed by atoms with E-state index in [1.54, 1.807) is 31.1 Å². The smallest absolute Gasteiger partial charge is 0.376 e. The highest BCUT2D eigenvalue weighted by Gasteiger charge is 2.41. The summed E-state index contributed by atoms with van der Waals surface area (Å²) in [6.45, 7) is 11.7. The van der Waals surface area contributed by atoms with E-state index in [9.17, 15) is 14.2 Å². The van der Waals surface area contributed by atoms with Crippen molar-refractivity contribution in [3.63, 3.8) is 0 Å². The second kappa shape index (κ2) is 11.6. The third kappa shape index (κ3) is 6.59. The van der Waals surface area contributed by atoms with E-state index >= 15 is 4.39 Å². The van der Waals surface area contributed by atoms with E-state index in [4.69, 9.17) is 0 Å². The molecule has 2 saturated heterocycles. The molecule has 5 nitrogen and oxygen atoms in total. The number of piperazine rings is 1. The Morgan fingerprint density at radius 2 is 1.68 bits per heavy atom. The summed E-state index contributed by atoms with van der Waals surface area (Å²) in [6.07, 6.45) is 2.35. The second-order valence-electron chi connectivity index (χ2n) is 11.8. The van der Waals surface area contributed by atoms with Crippen molar-refractivity contribution in [2.24, 2.45) is 11.3 Å². The monoisotopic (exact) mass is 511 g/mol. The first-order chi connectivity index (χ1) is 17.5. The summed E-state index contributed by atoms with van der Waals surface area (Å²) in [5.41, 5.74) is 1.22. The van der Waals surface area contributed by atoms with Gasteiger partial charge in [0.25, 0.3) is 0 Å². The van der Waals surface area contributed by atoms with Gasteiger partial charge in [-0.05, 0) is 67.8 Å². The molecule has 2 atom stereocenters. The average molecular weight is 511 g/mol. The number of hydrogen-bond donors (Lipinski definition) is 1. The lowest BCUT2D eigenvalue weighted by atomic mass is 9.80. The lowest BCUT2D eigenvalue weighted by Crippen LogP contribution is -2.60. The summed E-state index contributed by atoms with van der Waals surface area (Å²) in [4.78, 5) is 19.9. The van der Waals surface area contributed by atoms with Gasteiger partial charge in [0.1, 0.15) is 11.6 Å². The van der Waals surface area contributed by atoms with Crippen molar-refractivity contribution in [3.8, 4) is 0 Å². The van der Waals surface area contributed by atoms with Crippen LogP contribution in [0.2, 0.25) is 6.82 Å². The van der Waals surface area contributed by atoms with E-state index in [0.29, 0.717) is 37.5 Å². The first-order valence-electron chi connectivity index (χ1n) is 13.5. The van der Waals surface area contributed by atoms with Gasteiger partial charge in [-0.3, -0.25) is 9.69 Å². The lowest BCUT2D eigenvalue weighted by Gasteiger charge is -2.50. The predicted octanol–water partition coefficient (Wildman–Crippen LogP) is 4.83. The van der Waals surface area contributed by atoms with Crippen molar-refractivity contribution in [2.45, 2.75) is 58.9 Å². The van der Waals surface area contributed by atoms with E-state index < -0.39 is 7.05 Å². The van der Waals surface area contributed by atoms with Gasteiger partial charge in [-0.25, -0.2) is 8.78 Å². The number of benzene rings is 2. The van der Waals surface area contributed by atoms with E-state index in [2.05, 4.69) is 30.5 Å². The normalized spacial score (nSPS) is 21.2. The molecule has 1 unspecified atom stereocenters. The van der Waals surface area contributed by atoms with Crippen molar-refractivity contribution in [1.29, 1.82) is 0 Å². The van der Waals surface area contributed by atoms with E-state index in [0.717, 1.165) is 31.5 Å². The fourth-order valence-corrected chi connectivity index (χ4v) is 5.90. The van der Waals surface area contributed by atoms with Crippen LogP contribution in [0.25, 0.3) is 0 Å². The van der Waals surface area contributed by atoms with Crippen LogP contribution in [0, 0.1) is 23.0 Å². The maximum Gasteiger partial charge on any atom is 0.376 e. The Morgan fingerprint density at radius 1 is 1.03 bits per heavy atom. The zero-order valence-corrected chi connectivity index (χ0v) is 22.5. The molecule has 0 spiro atoms. The predicted molar refractivity (Wildman–Crippen MR) is 144 cm³/mol. The fourth-order valence-electron chi connectivity index (χ4n) is 5.90. The van der Waals surface area contributed by atoms with Gasteiger partial charge in [0, 0.05) is 37.7 Å². The second-order valence-corrected chi connectivity index (χ2v) is 11.8. The Bertz CT molecular complexity index is 1050. The van der Waals surface area contributed by atoms with Gasteiger partial charge in [0.05, 0.1) is 6.04 Å². The van der Waals surface area contributed by atoms with Gasteiger partial charge in [-0.2, -0.15) is 0 Å². The molecular formula is C29H40BF2N3O2. The molecule has 0 aromatic heterocycles. The first kappa shape index (κ1) is 27.7. The zero-order valence-electron chi connectivity index (χ0n) is 22.5. The Kier molecular flexibility index (Phi) is 8.72. The Balaban J connectivity index is 1.54. The van der Waals surface area contributed by atoms with E-state index in [-0.39, 0.29) is 35.0 Å². The van der Waals surface area contributed by atoms with E-state index in [1.165, 1.54) is 18.2 Å². The van der Waals surface area contributed by atoms with Gasteiger partial charge >= 0.3 is 7.05 Å². The molecule has 4 rings (SSSR count). The van der Waals surface area contributed by atoms with Crippen LogP contribution >= 0.6 is 0 Å². The molecule has 200 valence electrons. The average Bonchev–Trinajstić information content (AvgIpc) is 2.86. The molecule has 37 heavy (non-hydrogen) atoms. The first-order valence-corrected chi connectivity index (χ1v) is 13.5. The van der Waals surface area contributed by atoms with Crippen LogP contribution in [-0.4, -0.2) is 71.4 Å². The third-order valence-corrected chi connectivity index (χ3v) is 8.12. The van der Waals surface area contributed by atoms with Crippen molar-refractivity contribution in [3.05, 3.63) is 71.3 Å². The third-order valence-electron chi connectivity index (χ3n) is 8.12. The Labute approximate surface area is 220 Å². The molecule has 1 N–H and O–H groups in total. The molecule has 0 radical (unpaired) electrons. The van der Waals surface area contributed by atoms with Crippen LogP contribution in [0.15, 0.2) is 48.5 Å². The minimum Gasteiger partial charge on any atom is -0.437 e. The summed E-state index contributed by atoms with van der Waals surface area (Å²) in [6, 6.07) is 12.7. The Hall–Kier alpha value is -2.29. The maximum absolute atomic E-state index is 15.0. The number of carbonyl (C=O) groups excluding carboxylic acids is 1. The molecule has 2 aromatic carbocycles. The maximum atomic E-state index is 15.0. The number of piperidine rings is 1. The van der Waals surface area contributed by atoms with Gasteiger partial charge < -0.3 is 14.7 Å². The van der Waals surface area contributed by atoms with Crippen LogP contribution in [0.4, 0.5) is 8.78 Å². The molecule has 0 bridgehead atoms. The molecule has 8 heteroatoms. The molecule has 2 fully saturated rings. The van der Waals surface area contributed by atoms with Crippen molar-refractivity contribution in [1.82, 2.24) is 14.6 Å². The van der Waals surface area contributed by atoms with E-state index in [1.807, 2.05) is 11.0 Å².